The summed E-state index contributed by atoms with van der Waals surface area (Å²) in [5.74, 6) is 1.15. The van der Waals surface area contributed by atoms with Gasteiger partial charge in [-0.2, -0.15) is 0 Å². The normalized spacial score (nSPS) is 21.2. The Labute approximate surface area is 139 Å². The second kappa shape index (κ2) is 5.72. The average molecular weight is 335 g/mol. The lowest BCUT2D eigenvalue weighted by Crippen LogP contribution is -2.30. The number of carbonyl (C=O) groups excluding carboxylic acids is 1. The maximum Gasteiger partial charge on any atom is 0.348 e. The maximum absolute atomic E-state index is 12.1. The second-order valence-corrected chi connectivity index (χ2v) is 7.22. The highest BCUT2D eigenvalue weighted by atomic mass is 32.1. The number of nitrogens with zero attached hydrogens (tertiary/aromatic N) is 3. The number of thiophene rings is 1. The Morgan fingerprint density at radius 1 is 1.43 bits per heavy atom. The Hall–Kier alpha value is -1.73. The van der Waals surface area contributed by atoms with E-state index < -0.39 is 5.60 Å². The van der Waals surface area contributed by atoms with Crippen LogP contribution in [-0.2, 0) is 4.74 Å². The molecule has 0 bridgehead atoms. The van der Waals surface area contributed by atoms with Crippen molar-refractivity contribution in [3.8, 4) is 0 Å². The predicted octanol–water partition coefficient (Wildman–Crippen LogP) is 2.45. The van der Waals surface area contributed by atoms with Crippen LogP contribution in [0.15, 0.2) is 0 Å². The molecule has 3 heterocycles. The maximum atomic E-state index is 12.1. The van der Waals surface area contributed by atoms with Crippen LogP contribution in [0.4, 0.5) is 5.82 Å². The summed E-state index contributed by atoms with van der Waals surface area (Å²) < 4.78 is 5.14. The quantitative estimate of drug-likeness (QED) is 0.868. The minimum Gasteiger partial charge on any atom is -0.462 e. The molecule has 23 heavy (non-hydrogen) atoms. The van der Waals surface area contributed by atoms with E-state index in [2.05, 4.69) is 14.9 Å². The van der Waals surface area contributed by atoms with E-state index in [9.17, 15) is 9.90 Å². The number of fused-ring (bicyclic) bond motifs is 1. The Bertz CT molecular complexity index is 770. The van der Waals surface area contributed by atoms with Crippen molar-refractivity contribution in [2.45, 2.75) is 39.7 Å². The van der Waals surface area contributed by atoms with E-state index in [1.165, 1.54) is 11.3 Å². The van der Waals surface area contributed by atoms with E-state index in [1.54, 1.807) is 6.92 Å². The SMILES string of the molecule is CCOC(=O)c1sc2nc(C)nc(N3CCC(C)(O)C3)c2c1C. The molecule has 0 saturated carbocycles. The molecular weight excluding hydrogens is 314 g/mol. The molecule has 0 spiro atoms. The number of anilines is 1. The van der Waals surface area contributed by atoms with Gasteiger partial charge >= 0.3 is 5.97 Å². The van der Waals surface area contributed by atoms with Crippen LogP contribution in [-0.4, -0.2) is 46.3 Å². The van der Waals surface area contributed by atoms with Crippen LogP contribution in [0.5, 0.6) is 0 Å². The van der Waals surface area contributed by atoms with E-state index in [0.29, 0.717) is 30.3 Å². The molecule has 1 atom stereocenters. The zero-order valence-electron chi connectivity index (χ0n) is 13.8. The van der Waals surface area contributed by atoms with Gasteiger partial charge in [0.05, 0.1) is 17.6 Å². The molecule has 1 N–H and O–H groups in total. The van der Waals surface area contributed by atoms with E-state index in [1.807, 2.05) is 20.8 Å². The van der Waals surface area contributed by atoms with Gasteiger partial charge in [0.15, 0.2) is 0 Å². The van der Waals surface area contributed by atoms with Crippen molar-refractivity contribution in [3.05, 3.63) is 16.3 Å². The largest absolute Gasteiger partial charge is 0.462 e. The summed E-state index contributed by atoms with van der Waals surface area (Å²) in [4.78, 5) is 24.7. The van der Waals surface area contributed by atoms with Gasteiger partial charge in [-0.25, -0.2) is 14.8 Å². The summed E-state index contributed by atoms with van der Waals surface area (Å²) in [5.41, 5.74) is 0.143. The van der Waals surface area contributed by atoms with Gasteiger partial charge in [0.2, 0.25) is 0 Å². The van der Waals surface area contributed by atoms with Crippen molar-refractivity contribution in [2.24, 2.45) is 0 Å². The van der Waals surface area contributed by atoms with Crippen molar-refractivity contribution in [2.75, 3.05) is 24.6 Å². The van der Waals surface area contributed by atoms with Crippen molar-refractivity contribution < 1.29 is 14.6 Å². The minimum absolute atomic E-state index is 0.315. The van der Waals surface area contributed by atoms with Crippen LogP contribution in [0.2, 0.25) is 0 Å². The molecule has 2 aromatic heterocycles. The third-order valence-corrected chi connectivity index (χ3v) is 5.26. The highest BCUT2D eigenvalue weighted by Gasteiger charge is 2.34. The molecule has 1 unspecified atom stereocenters. The second-order valence-electron chi connectivity index (χ2n) is 6.22. The molecule has 3 rings (SSSR count). The zero-order chi connectivity index (χ0) is 16.8. The minimum atomic E-state index is -0.709. The lowest BCUT2D eigenvalue weighted by atomic mass is 10.1. The summed E-state index contributed by atoms with van der Waals surface area (Å²) in [5, 5.41) is 11.1. The molecular formula is C16H21N3O3S. The Balaban J connectivity index is 2.13. The average Bonchev–Trinajstić information content (AvgIpc) is 2.99. The first-order valence-electron chi connectivity index (χ1n) is 7.74. The predicted molar refractivity (Wildman–Crippen MR) is 90.3 cm³/mol. The number of carbonyl (C=O) groups is 1. The fourth-order valence-electron chi connectivity index (χ4n) is 2.97. The molecule has 1 aliphatic rings. The van der Waals surface area contributed by atoms with Crippen LogP contribution >= 0.6 is 11.3 Å². The number of β-amino-alcohol motifs (C(OH)–C–C–N with tert-alkyl or cyclic N) is 1. The summed E-state index contributed by atoms with van der Waals surface area (Å²) in [6, 6.07) is 0. The van der Waals surface area contributed by atoms with Crippen LogP contribution in [0.3, 0.4) is 0 Å². The first-order chi connectivity index (χ1) is 10.8. The number of hydrogen-bond acceptors (Lipinski definition) is 7. The Kier molecular flexibility index (Phi) is 4.01. The molecule has 6 nitrogen and oxygen atoms in total. The van der Waals surface area contributed by atoms with Crippen molar-refractivity contribution in [1.29, 1.82) is 0 Å². The molecule has 0 amide bonds. The topological polar surface area (TPSA) is 75.5 Å². The number of esters is 1. The van der Waals surface area contributed by atoms with Crippen molar-refractivity contribution in [1.82, 2.24) is 9.97 Å². The third-order valence-electron chi connectivity index (χ3n) is 4.10. The Morgan fingerprint density at radius 3 is 2.78 bits per heavy atom. The molecule has 0 aromatic carbocycles. The number of hydrogen-bond donors (Lipinski definition) is 1. The first kappa shape index (κ1) is 16.1. The van der Waals surface area contributed by atoms with E-state index in [-0.39, 0.29) is 5.97 Å². The summed E-state index contributed by atoms with van der Waals surface area (Å²) >= 11 is 1.34. The number of ether oxygens (including phenoxy) is 1. The van der Waals surface area contributed by atoms with Crippen LogP contribution in [0, 0.1) is 13.8 Å². The molecule has 0 aliphatic carbocycles. The first-order valence-corrected chi connectivity index (χ1v) is 8.56. The highest BCUT2D eigenvalue weighted by molar-refractivity contribution is 7.20. The van der Waals surface area contributed by atoms with Crippen LogP contribution < -0.4 is 4.90 Å². The van der Waals surface area contributed by atoms with Gasteiger partial charge < -0.3 is 14.7 Å². The molecule has 1 fully saturated rings. The smallest absolute Gasteiger partial charge is 0.348 e. The number of aliphatic hydroxyl groups is 1. The van der Waals surface area contributed by atoms with E-state index in [0.717, 1.165) is 28.1 Å². The molecule has 2 aromatic rings. The van der Waals surface area contributed by atoms with Gasteiger partial charge in [0.1, 0.15) is 21.3 Å². The van der Waals surface area contributed by atoms with E-state index >= 15 is 0 Å². The highest BCUT2D eigenvalue weighted by Crippen LogP contribution is 2.37. The Morgan fingerprint density at radius 2 is 2.17 bits per heavy atom. The lowest BCUT2D eigenvalue weighted by molar-refractivity contribution is 0.0531. The van der Waals surface area contributed by atoms with Gasteiger partial charge in [0, 0.05) is 13.1 Å². The molecule has 1 saturated heterocycles. The molecule has 7 heteroatoms. The number of aryl methyl sites for hydroxylation is 2. The zero-order valence-corrected chi connectivity index (χ0v) is 14.7. The van der Waals surface area contributed by atoms with Gasteiger partial charge in [-0.1, -0.05) is 0 Å². The fraction of sp³-hybridized carbons (Fsp3) is 0.562. The van der Waals surface area contributed by atoms with Crippen LogP contribution in [0.1, 0.15) is 41.3 Å². The fourth-order valence-corrected chi connectivity index (χ4v) is 4.08. The third kappa shape index (κ3) is 2.90. The lowest BCUT2D eigenvalue weighted by Gasteiger charge is -2.21. The van der Waals surface area contributed by atoms with Gasteiger partial charge in [-0.15, -0.1) is 11.3 Å². The van der Waals surface area contributed by atoms with Gasteiger partial charge in [0.25, 0.3) is 0 Å². The molecule has 1 aliphatic heterocycles. The monoisotopic (exact) mass is 335 g/mol. The number of rotatable bonds is 3. The van der Waals surface area contributed by atoms with Crippen LogP contribution in [0.25, 0.3) is 10.2 Å². The summed E-state index contributed by atoms with van der Waals surface area (Å²) in [7, 11) is 0. The number of aromatic nitrogens is 2. The summed E-state index contributed by atoms with van der Waals surface area (Å²) in [6.45, 7) is 8.99. The van der Waals surface area contributed by atoms with E-state index in [4.69, 9.17) is 4.74 Å². The van der Waals surface area contributed by atoms with Gasteiger partial charge in [-0.05, 0) is 39.7 Å². The van der Waals surface area contributed by atoms with Crippen molar-refractivity contribution >= 4 is 33.3 Å². The standard InChI is InChI=1S/C16H21N3O3S/c1-5-22-15(20)12-9(2)11-13(17-10(3)18-14(11)23-12)19-7-6-16(4,21)8-19/h21H,5-8H2,1-4H3. The van der Waals surface area contributed by atoms with Crippen molar-refractivity contribution in [3.63, 3.8) is 0 Å². The molecule has 124 valence electrons. The van der Waals surface area contributed by atoms with Gasteiger partial charge in [-0.3, -0.25) is 0 Å². The summed E-state index contributed by atoms with van der Waals surface area (Å²) in [6.07, 6.45) is 0.700. The molecule has 0 radical (unpaired) electrons.